The second kappa shape index (κ2) is 9.73. The topological polar surface area (TPSA) is 174 Å². The van der Waals surface area contributed by atoms with Crippen molar-refractivity contribution in [3.63, 3.8) is 0 Å². The Hall–Kier alpha value is -3.13. The number of hydrogen-bond acceptors (Lipinski definition) is 11. The molecular formula is C24H26O12. The lowest BCUT2D eigenvalue weighted by molar-refractivity contribution is -0.302. The minimum Gasteiger partial charge on any atom is -0.493 e. The number of rotatable bonds is 7. The lowest BCUT2D eigenvalue weighted by atomic mass is 9.90. The van der Waals surface area contributed by atoms with Gasteiger partial charge < -0.3 is 54.0 Å². The largest absolute Gasteiger partial charge is 0.493 e. The normalized spacial score (nSPS) is 30.5. The van der Waals surface area contributed by atoms with Gasteiger partial charge >= 0.3 is 5.97 Å². The van der Waals surface area contributed by atoms with Crippen molar-refractivity contribution in [1.29, 1.82) is 0 Å². The highest BCUT2D eigenvalue weighted by molar-refractivity contribution is 5.89. The molecule has 12 nitrogen and oxygen atoms in total. The fourth-order valence-electron chi connectivity index (χ4n) is 4.64. The average Bonchev–Trinajstić information content (AvgIpc) is 3.50. The van der Waals surface area contributed by atoms with Crippen LogP contribution in [0.15, 0.2) is 30.3 Å². The van der Waals surface area contributed by atoms with Gasteiger partial charge in [-0.05, 0) is 29.8 Å². The molecule has 12 heteroatoms. The van der Waals surface area contributed by atoms with E-state index in [0.29, 0.717) is 28.4 Å². The maximum Gasteiger partial charge on any atom is 0.335 e. The SMILES string of the molecule is COc1cc(C(=O)O)cc2c1O[C@H](c1ccc3c(c1)OCO3)[C@H]2CO[C@@H]1O[C@H](CO)[C@@H](O)[C@H](O)[C@H]1O. The summed E-state index contributed by atoms with van der Waals surface area (Å²) in [6.45, 7) is -0.649. The average molecular weight is 506 g/mol. The van der Waals surface area contributed by atoms with Crippen LogP contribution in [0.4, 0.5) is 0 Å². The van der Waals surface area contributed by atoms with Crippen LogP contribution in [-0.2, 0) is 9.47 Å². The van der Waals surface area contributed by atoms with E-state index in [0.717, 1.165) is 0 Å². The zero-order valence-corrected chi connectivity index (χ0v) is 19.1. The molecule has 5 rings (SSSR count). The molecule has 7 atom stereocenters. The fourth-order valence-corrected chi connectivity index (χ4v) is 4.64. The third-order valence-corrected chi connectivity index (χ3v) is 6.57. The molecule has 0 unspecified atom stereocenters. The molecule has 194 valence electrons. The van der Waals surface area contributed by atoms with Gasteiger partial charge in [0.15, 0.2) is 29.3 Å². The van der Waals surface area contributed by atoms with Crippen molar-refractivity contribution in [2.75, 3.05) is 27.1 Å². The molecule has 0 radical (unpaired) electrons. The summed E-state index contributed by atoms with van der Waals surface area (Å²) >= 11 is 0. The van der Waals surface area contributed by atoms with Gasteiger partial charge in [-0.1, -0.05) is 6.07 Å². The Bertz CT molecular complexity index is 1130. The van der Waals surface area contributed by atoms with Gasteiger partial charge in [-0.15, -0.1) is 0 Å². The number of carboxylic acid groups (broad SMARTS) is 1. The van der Waals surface area contributed by atoms with Crippen LogP contribution < -0.4 is 18.9 Å². The van der Waals surface area contributed by atoms with Crippen molar-refractivity contribution >= 4 is 5.97 Å². The molecule has 1 saturated heterocycles. The third kappa shape index (κ3) is 4.21. The van der Waals surface area contributed by atoms with Crippen LogP contribution in [0.1, 0.15) is 33.5 Å². The van der Waals surface area contributed by atoms with E-state index in [9.17, 15) is 30.3 Å². The van der Waals surface area contributed by atoms with Gasteiger partial charge in [-0.3, -0.25) is 0 Å². The highest BCUT2D eigenvalue weighted by Crippen LogP contribution is 2.52. The van der Waals surface area contributed by atoms with E-state index in [1.54, 1.807) is 18.2 Å². The molecule has 1 fully saturated rings. The van der Waals surface area contributed by atoms with Gasteiger partial charge in [0.25, 0.3) is 0 Å². The molecule has 0 spiro atoms. The molecule has 0 amide bonds. The Labute approximate surface area is 205 Å². The summed E-state index contributed by atoms with van der Waals surface area (Å²) in [7, 11) is 1.40. The highest BCUT2D eigenvalue weighted by Gasteiger charge is 2.46. The van der Waals surface area contributed by atoms with Crippen molar-refractivity contribution in [2.45, 2.75) is 42.7 Å². The summed E-state index contributed by atoms with van der Waals surface area (Å²) < 4.78 is 33.8. The number of aromatic carboxylic acids is 1. The first-order valence-corrected chi connectivity index (χ1v) is 11.3. The quantitative estimate of drug-likeness (QED) is 0.345. The molecule has 5 N–H and O–H groups in total. The second-order valence-corrected chi connectivity index (χ2v) is 8.69. The Kier molecular flexibility index (Phi) is 6.64. The van der Waals surface area contributed by atoms with Gasteiger partial charge in [-0.25, -0.2) is 4.79 Å². The maximum absolute atomic E-state index is 11.8. The van der Waals surface area contributed by atoms with E-state index in [1.165, 1.54) is 19.2 Å². The Balaban J connectivity index is 1.48. The molecule has 36 heavy (non-hydrogen) atoms. The van der Waals surface area contributed by atoms with Crippen LogP contribution in [0, 0.1) is 0 Å². The maximum atomic E-state index is 11.8. The highest BCUT2D eigenvalue weighted by atomic mass is 16.7. The standard InChI is InChI=1S/C24H26O12/c1-31-16-6-11(23(29)30)4-12-13(8-32-24-20(28)19(27)18(26)17(7-25)35-24)21(36-22(12)16)10-2-3-14-15(5-10)34-9-33-14/h2-6,13,17-21,24-28H,7-9H2,1H3,(H,29,30)/t13-,17+,18+,19-,20+,21+,24+/m0/s1. The number of ether oxygens (including phenoxy) is 6. The Morgan fingerprint density at radius 2 is 1.83 bits per heavy atom. The van der Waals surface area contributed by atoms with Gasteiger partial charge in [0, 0.05) is 5.56 Å². The Morgan fingerprint density at radius 1 is 1.06 bits per heavy atom. The van der Waals surface area contributed by atoms with Crippen LogP contribution in [0.3, 0.4) is 0 Å². The molecule has 3 aliphatic rings. The monoisotopic (exact) mass is 506 g/mol. The molecule has 0 bridgehead atoms. The number of aliphatic hydroxyl groups is 4. The first kappa shape index (κ1) is 24.6. The molecule has 2 aromatic carbocycles. The van der Waals surface area contributed by atoms with E-state index >= 15 is 0 Å². The molecule has 2 aromatic rings. The van der Waals surface area contributed by atoms with Crippen LogP contribution >= 0.6 is 0 Å². The molecule has 3 aliphatic heterocycles. The smallest absolute Gasteiger partial charge is 0.335 e. The van der Waals surface area contributed by atoms with E-state index < -0.39 is 55.3 Å². The van der Waals surface area contributed by atoms with Crippen molar-refractivity contribution in [3.05, 3.63) is 47.0 Å². The van der Waals surface area contributed by atoms with Gasteiger partial charge in [0.1, 0.15) is 30.5 Å². The number of methoxy groups -OCH3 is 1. The predicted molar refractivity (Wildman–Crippen MR) is 118 cm³/mol. The van der Waals surface area contributed by atoms with E-state index in [4.69, 9.17) is 28.4 Å². The summed E-state index contributed by atoms with van der Waals surface area (Å²) in [5, 5.41) is 49.6. The van der Waals surface area contributed by atoms with Crippen LogP contribution in [0.5, 0.6) is 23.0 Å². The second-order valence-electron chi connectivity index (χ2n) is 8.69. The summed E-state index contributed by atoms with van der Waals surface area (Å²) in [6.07, 6.45) is -7.89. The van der Waals surface area contributed by atoms with Crippen LogP contribution in [-0.4, -0.2) is 89.3 Å². The lowest BCUT2D eigenvalue weighted by Gasteiger charge is -2.40. The third-order valence-electron chi connectivity index (χ3n) is 6.57. The zero-order valence-electron chi connectivity index (χ0n) is 19.1. The number of aliphatic hydroxyl groups excluding tert-OH is 4. The molecular weight excluding hydrogens is 480 g/mol. The lowest BCUT2D eigenvalue weighted by Crippen LogP contribution is -2.59. The molecule has 3 heterocycles. The number of carbonyl (C=O) groups is 1. The van der Waals surface area contributed by atoms with Gasteiger partial charge in [0.2, 0.25) is 6.79 Å². The van der Waals surface area contributed by atoms with Crippen molar-refractivity contribution < 1.29 is 58.7 Å². The van der Waals surface area contributed by atoms with Gasteiger partial charge in [-0.2, -0.15) is 0 Å². The predicted octanol–water partition coefficient (Wildman–Crippen LogP) is 0.156. The van der Waals surface area contributed by atoms with E-state index in [-0.39, 0.29) is 24.7 Å². The van der Waals surface area contributed by atoms with Crippen molar-refractivity contribution in [1.82, 2.24) is 0 Å². The summed E-state index contributed by atoms with van der Waals surface area (Å²) in [5.74, 6) is -0.0799. The minimum atomic E-state index is -1.60. The van der Waals surface area contributed by atoms with Crippen LogP contribution in [0.2, 0.25) is 0 Å². The minimum absolute atomic E-state index is 0.0154. The van der Waals surface area contributed by atoms with E-state index in [1.807, 2.05) is 0 Å². The van der Waals surface area contributed by atoms with E-state index in [2.05, 4.69) is 0 Å². The van der Waals surface area contributed by atoms with Crippen LogP contribution in [0.25, 0.3) is 0 Å². The summed E-state index contributed by atoms with van der Waals surface area (Å²) in [4.78, 5) is 11.8. The summed E-state index contributed by atoms with van der Waals surface area (Å²) in [5.41, 5.74) is 1.18. The molecule has 0 aromatic heterocycles. The van der Waals surface area contributed by atoms with Crippen molar-refractivity contribution in [3.8, 4) is 23.0 Å². The Morgan fingerprint density at radius 3 is 2.56 bits per heavy atom. The molecule has 0 aliphatic carbocycles. The van der Waals surface area contributed by atoms with Gasteiger partial charge in [0.05, 0.1) is 31.8 Å². The van der Waals surface area contributed by atoms with Crippen molar-refractivity contribution in [2.24, 2.45) is 0 Å². The fraction of sp³-hybridized carbons (Fsp3) is 0.458. The zero-order chi connectivity index (χ0) is 25.6. The number of hydrogen-bond donors (Lipinski definition) is 5. The first-order chi connectivity index (χ1) is 17.3. The molecule has 0 saturated carbocycles. The number of fused-ring (bicyclic) bond motifs is 2. The summed E-state index contributed by atoms with van der Waals surface area (Å²) in [6, 6.07) is 8.10. The number of benzene rings is 2. The number of carboxylic acids is 1. The first-order valence-electron chi connectivity index (χ1n) is 11.3.